The Labute approximate surface area is 162 Å². The number of hydrogen-bond acceptors (Lipinski definition) is 7. The predicted molar refractivity (Wildman–Crippen MR) is 105 cm³/mol. The van der Waals surface area contributed by atoms with Crippen molar-refractivity contribution in [2.45, 2.75) is 6.92 Å². The molecule has 1 aromatic carbocycles. The van der Waals surface area contributed by atoms with E-state index in [1.165, 1.54) is 12.1 Å². The molecule has 2 N–H and O–H groups in total. The topological polar surface area (TPSA) is 112 Å². The highest BCUT2D eigenvalue weighted by molar-refractivity contribution is 5.97. The molecular formula is C19H24N4O5. The summed E-state index contributed by atoms with van der Waals surface area (Å²) < 4.78 is 5.20. The number of hydrogen-bond donors (Lipinski definition) is 2. The van der Waals surface area contributed by atoms with Gasteiger partial charge < -0.3 is 19.7 Å². The fraction of sp³-hybridized carbons (Fsp3) is 0.421. The number of nitro groups is 1. The molecule has 2 heterocycles. The minimum atomic E-state index is -0.445. The van der Waals surface area contributed by atoms with E-state index in [0.29, 0.717) is 36.7 Å². The highest BCUT2D eigenvalue weighted by Crippen LogP contribution is 2.30. The monoisotopic (exact) mass is 388 g/mol. The van der Waals surface area contributed by atoms with E-state index in [0.717, 1.165) is 18.7 Å². The fourth-order valence-corrected chi connectivity index (χ4v) is 3.31. The van der Waals surface area contributed by atoms with Gasteiger partial charge in [0.1, 0.15) is 11.4 Å². The summed E-state index contributed by atoms with van der Waals surface area (Å²) in [5, 5.41) is 20.0. The molecule has 9 heteroatoms. The molecule has 0 atom stereocenters. The molecule has 0 aliphatic carbocycles. The first-order valence-electron chi connectivity index (χ1n) is 9.26. The molecule has 1 aromatic heterocycles. The van der Waals surface area contributed by atoms with E-state index in [9.17, 15) is 14.9 Å². The molecule has 9 nitrogen and oxygen atoms in total. The minimum Gasteiger partial charge on any atom is -0.462 e. The van der Waals surface area contributed by atoms with Crippen LogP contribution in [0.4, 0.5) is 11.5 Å². The molecule has 0 bridgehead atoms. The number of carbonyl (C=O) groups is 1. The van der Waals surface area contributed by atoms with Crippen LogP contribution in [0.2, 0.25) is 0 Å². The summed E-state index contributed by atoms with van der Waals surface area (Å²) >= 11 is 0. The van der Waals surface area contributed by atoms with Crippen LogP contribution < -0.4 is 4.90 Å². The van der Waals surface area contributed by atoms with Crippen molar-refractivity contribution in [1.82, 2.24) is 9.88 Å². The largest absolute Gasteiger partial charge is 0.462 e. The van der Waals surface area contributed by atoms with E-state index in [-0.39, 0.29) is 18.9 Å². The third kappa shape index (κ3) is 4.32. The Balaban J connectivity index is 1.88. The summed E-state index contributed by atoms with van der Waals surface area (Å²) in [6, 6.07) is 7.92. The van der Waals surface area contributed by atoms with Crippen molar-refractivity contribution < 1.29 is 19.6 Å². The Morgan fingerprint density at radius 3 is 2.50 bits per heavy atom. The molecule has 0 radical (unpaired) electrons. The van der Waals surface area contributed by atoms with Crippen LogP contribution in [-0.2, 0) is 4.74 Å². The zero-order chi connectivity index (χ0) is 20.1. The molecule has 0 saturated carbocycles. The van der Waals surface area contributed by atoms with Crippen LogP contribution in [0.5, 0.6) is 0 Å². The van der Waals surface area contributed by atoms with E-state index in [4.69, 9.17) is 9.84 Å². The lowest BCUT2D eigenvalue weighted by molar-refractivity contribution is -0.384. The number of esters is 1. The third-order valence-electron chi connectivity index (χ3n) is 4.79. The molecule has 1 aliphatic heterocycles. The Hall–Kier alpha value is -2.91. The number of carbonyl (C=O) groups excluding carboxylic acids is 1. The van der Waals surface area contributed by atoms with Crippen molar-refractivity contribution >= 4 is 17.5 Å². The van der Waals surface area contributed by atoms with E-state index < -0.39 is 10.9 Å². The zero-order valence-electron chi connectivity index (χ0n) is 15.8. The fourth-order valence-electron chi connectivity index (χ4n) is 3.31. The molecule has 1 fully saturated rings. The summed E-state index contributed by atoms with van der Waals surface area (Å²) in [7, 11) is 0. The molecule has 0 unspecified atom stereocenters. The van der Waals surface area contributed by atoms with E-state index in [1.807, 2.05) is 0 Å². The molecule has 1 saturated heterocycles. The summed E-state index contributed by atoms with van der Waals surface area (Å²) in [4.78, 5) is 30.4. The first-order chi connectivity index (χ1) is 13.5. The number of H-pyrrole nitrogens is 1. The van der Waals surface area contributed by atoms with Gasteiger partial charge in [-0.15, -0.1) is 0 Å². The van der Waals surface area contributed by atoms with Crippen molar-refractivity contribution in [3.05, 3.63) is 46.0 Å². The van der Waals surface area contributed by atoms with Gasteiger partial charge in [0, 0.05) is 50.6 Å². The number of piperazine rings is 1. The van der Waals surface area contributed by atoms with Gasteiger partial charge in [0.2, 0.25) is 0 Å². The number of ether oxygens (including phenoxy) is 1. The molecule has 28 heavy (non-hydrogen) atoms. The van der Waals surface area contributed by atoms with Crippen molar-refractivity contribution in [2.24, 2.45) is 0 Å². The normalized spacial score (nSPS) is 14.9. The maximum Gasteiger partial charge on any atom is 0.341 e. The van der Waals surface area contributed by atoms with Gasteiger partial charge in [-0.2, -0.15) is 0 Å². The SMILES string of the molecule is CCOC(=O)c1cc(-c2ccc([N+](=O)[O-])cc2)[nH]c1N1CCN(CCO)CC1. The molecule has 0 amide bonds. The summed E-state index contributed by atoms with van der Waals surface area (Å²) in [5.41, 5.74) is 1.92. The van der Waals surface area contributed by atoms with E-state index in [2.05, 4.69) is 14.8 Å². The molecule has 3 rings (SSSR count). The third-order valence-corrected chi connectivity index (χ3v) is 4.79. The average molecular weight is 388 g/mol. The first kappa shape index (κ1) is 19.8. The number of aromatic nitrogens is 1. The van der Waals surface area contributed by atoms with Crippen LogP contribution in [-0.4, -0.2) is 71.8 Å². The summed E-state index contributed by atoms with van der Waals surface area (Å²) in [6.45, 7) is 5.80. The number of non-ortho nitro benzene ring substituents is 1. The second-order valence-corrected chi connectivity index (χ2v) is 6.52. The number of nitrogens with one attached hydrogen (secondary N) is 1. The van der Waals surface area contributed by atoms with Gasteiger partial charge >= 0.3 is 5.97 Å². The van der Waals surface area contributed by atoms with Gasteiger partial charge in [0.05, 0.1) is 18.1 Å². The van der Waals surface area contributed by atoms with Crippen molar-refractivity contribution in [3.8, 4) is 11.3 Å². The molecule has 150 valence electrons. The van der Waals surface area contributed by atoms with Gasteiger partial charge in [-0.3, -0.25) is 15.0 Å². The number of aliphatic hydroxyl groups is 1. The Morgan fingerprint density at radius 1 is 1.25 bits per heavy atom. The van der Waals surface area contributed by atoms with Crippen molar-refractivity contribution in [1.29, 1.82) is 0 Å². The maximum atomic E-state index is 12.5. The quantitative estimate of drug-likeness (QED) is 0.423. The second kappa shape index (κ2) is 8.85. The highest BCUT2D eigenvalue weighted by atomic mass is 16.6. The number of aromatic amines is 1. The number of nitro benzene ring substituents is 1. The summed E-state index contributed by atoms with van der Waals surface area (Å²) in [5.74, 6) is 0.287. The molecule has 0 spiro atoms. The van der Waals surface area contributed by atoms with Gasteiger partial charge in [-0.05, 0) is 30.7 Å². The van der Waals surface area contributed by atoms with Crippen molar-refractivity contribution in [3.63, 3.8) is 0 Å². The number of β-amino-alcohol motifs (C(OH)–C–C–N with tert-alkyl or cyclic N) is 1. The number of nitrogens with zero attached hydrogens (tertiary/aromatic N) is 3. The lowest BCUT2D eigenvalue weighted by Gasteiger charge is -2.35. The Kier molecular flexibility index (Phi) is 6.27. The number of benzene rings is 1. The lowest BCUT2D eigenvalue weighted by atomic mass is 10.1. The van der Waals surface area contributed by atoms with Crippen molar-refractivity contribution in [2.75, 3.05) is 50.8 Å². The van der Waals surface area contributed by atoms with E-state index >= 15 is 0 Å². The maximum absolute atomic E-state index is 12.5. The Bertz CT molecular complexity index is 825. The van der Waals surface area contributed by atoms with Gasteiger partial charge in [0.25, 0.3) is 5.69 Å². The smallest absolute Gasteiger partial charge is 0.341 e. The second-order valence-electron chi connectivity index (χ2n) is 6.52. The van der Waals surface area contributed by atoms with Crippen LogP contribution >= 0.6 is 0 Å². The lowest BCUT2D eigenvalue weighted by Crippen LogP contribution is -2.47. The van der Waals surface area contributed by atoms with Crippen LogP contribution in [0.25, 0.3) is 11.3 Å². The minimum absolute atomic E-state index is 0.0150. The van der Waals surface area contributed by atoms with Crippen LogP contribution in [0.15, 0.2) is 30.3 Å². The molecule has 2 aromatic rings. The number of rotatable bonds is 7. The van der Waals surface area contributed by atoms with Gasteiger partial charge in [-0.25, -0.2) is 4.79 Å². The first-order valence-corrected chi connectivity index (χ1v) is 9.26. The standard InChI is InChI=1S/C19H24N4O5/c1-2-28-19(25)16-13-17(14-3-5-15(6-4-14)23(26)27)20-18(16)22-9-7-21(8-10-22)11-12-24/h3-6,13,20,24H,2,7-12H2,1H3. The Morgan fingerprint density at radius 2 is 1.93 bits per heavy atom. The van der Waals surface area contributed by atoms with Gasteiger partial charge in [-0.1, -0.05) is 0 Å². The van der Waals surface area contributed by atoms with Crippen LogP contribution in [0, 0.1) is 10.1 Å². The number of aliphatic hydroxyl groups excluding tert-OH is 1. The highest BCUT2D eigenvalue weighted by Gasteiger charge is 2.25. The predicted octanol–water partition coefficient (Wildman–Crippen LogP) is 1.88. The molecular weight excluding hydrogens is 364 g/mol. The molecule has 1 aliphatic rings. The average Bonchev–Trinajstić information content (AvgIpc) is 3.15. The van der Waals surface area contributed by atoms with Crippen LogP contribution in [0.1, 0.15) is 17.3 Å². The summed E-state index contributed by atoms with van der Waals surface area (Å²) in [6.07, 6.45) is 0. The van der Waals surface area contributed by atoms with Crippen LogP contribution in [0.3, 0.4) is 0 Å². The zero-order valence-corrected chi connectivity index (χ0v) is 15.8. The van der Waals surface area contributed by atoms with E-state index in [1.54, 1.807) is 25.1 Å². The van der Waals surface area contributed by atoms with Gasteiger partial charge in [0.15, 0.2) is 0 Å². The number of anilines is 1.